The Kier molecular flexibility index (Phi) is 5.94. The Morgan fingerprint density at radius 2 is 2.00 bits per heavy atom. The van der Waals surface area contributed by atoms with Gasteiger partial charge >= 0.3 is 0 Å². The van der Waals surface area contributed by atoms with Crippen molar-refractivity contribution in [2.45, 2.75) is 26.2 Å². The number of unbranched alkanes of at least 4 members (excludes halogenated alkanes) is 1. The number of para-hydroxylation sites is 1. The van der Waals surface area contributed by atoms with Crippen LogP contribution in [-0.4, -0.2) is 25.7 Å². The third-order valence-electron chi connectivity index (χ3n) is 4.39. The molecule has 3 rings (SSSR count). The second-order valence-electron chi connectivity index (χ2n) is 6.43. The number of rotatable bonds is 7. The highest BCUT2D eigenvalue weighted by atomic mass is 16.5. The average molecular weight is 339 g/mol. The third-order valence-corrected chi connectivity index (χ3v) is 4.39. The molecule has 1 N–H and O–H groups in total. The molecule has 1 heterocycles. The van der Waals surface area contributed by atoms with Gasteiger partial charge in [-0.05, 0) is 48.7 Å². The molecular formula is C21H25NO3. The van der Waals surface area contributed by atoms with Gasteiger partial charge in [0.05, 0.1) is 13.2 Å². The van der Waals surface area contributed by atoms with Gasteiger partial charge in [0.15, 0.2) is 0 Å². The summed E-state index contributed by atoms with van der Waals surface area (Å²) in [5, 5.41) is 3.01. The van der Waals surface area contributed by atoms with E-state index in [1.54, 1.807) is 0 Å². The molecule has 2 aromatic rings. The van der Waals surface area contributed by atoms with Crippen LogP contribution in [0.4, 0.5) is 0 Å². The van der Waals surface area contributed by atoms with Crippen molar-refractivity contribution in [2.24, 2.45) is 5.92 Å². The molecule has 0 fully saturated rings. The molecular weight excluding hydrogens is 314 g/mol. The lowest BCUT2D eigenvalue weighted by molar-refractivity contribution is 0.0939. The van der Waals surface area contributed by atoms with Gasteiger partial charge in [-0.2, -0.15) is 0 Å². The normalized spacial score (nSPS) is 15.8. The van der Waals surface area contributed by atoms with Crippen molar-refractivity contribution in [1.29, 1.82) is 0 Å². The molecule has 25 heavy (non-hydrogen) atoms. The minimum atomic E-state index is -0.0565. The molecule has 1 aliphatic rings. The van der Waals surface area contributed by atoms with E-state index < -0.39 is 0 Å². The molecule has 0 bridgehead atoms. The Bertz CT molecular complexity index is 697. The molecule has 1 amide bonds. The summed E-state index contributed by atoms with van der Waals surface area (Å²) >= 11 is 0. The highest BCUT2D eigenvalue weighted by Gasteiger charge is 2.20. The summed E-state index contributed by atoms with van der Waals surface area (Å²) in [6, 6.07) is 15.4. The number of ether oxygens (including phenoxy) is 2. The second kappa shape index (κ2) is 8.56. The first-order chi connectivity index (χ1) is 12.3. The second-order valence-corrected chi connectivity index (χ2v) is 6.43. The summed E-state index contributed by atoms with van der Waals surface area (Å²) in [6.45, 7) is 4.10. The highest BCUT2D eigenvalue weighted by Crippen LogP contribution is 2.26. The number of nitrogens with one attached hydrogen (secondary N) is 1. The van der Waals surface area contributed by atoms with Gasteiger partial charge in [-0.25, -0.2) is 0 Å². The Balaban J connectivity index is 1.48. The van der Waals surface area contributed by atoms with E-state index in [-0.39, 0.29) is 5.91 Å². The summed E-state index contributed by atoms with van der Waals surface area (Å²) in [5.74, 6) is 2.01. The molecule has 0 saturated carbocycles. The van der Waals surface area contributed by atoms with Gasteiger partial charge in [0.2, 0.25) is 0 Å². The van der Waals surface area contributed by atoms with Crippen molar-refractivity contribution >= 4 is 5.91 Å². The van der Waals surface area contributed by atoms with E-state index in [9.17, 15) is 4.79 Å². The molecule has 0 radical (unpaired) electrons. The van der Waals surface area contributed by atoms with Crippen LogP contribution in [0.3, 0.4) is 0 Å². The van der Waals surface area contributed by atoms with E-state index in [2.05, 4.69) is 18.3 Å². The fourth-order valence-electron chi connectivity index (χ4n) is 2.90. The molecule has 4 heteroatoms. The van der Waals surface area contributed by atoms with Gasteiger partial charge in [-0.3, -0.25) is 4.79 Å². The zero-order chi connectivity index (χ0) is 17.5. The predicted octanol–water partition coefficient (Wildman–Crippen LogP) is 3.85. The summed E-state index contributed by atoms with van der Waals surface area (Å²) in [6.07, 6.45) is 3.07. The SMILES string of the molecule is CCCCOc1ccc(C(=O)NCC2COc3ccccc3C2)cc1. The first-order valence-electron chi connectivity index (χ1n) is 8.98. The number of fused-ring (bicyclic) bond motifs is 1. The molecule has 132 valence electrons. The number of carbonyl (C=O) groups is 1. The topological polar surface area (TPSA) is 47.6 Å². The zero-order valence-electron chi connectivity index (χ0n) is 14.7. The van der Waals surface area contributed by atoms with Crippen molar-refractivity contribution in [2.75, 3.05) is 19.8 Å². The van der Waals surface area contributed by atoms with Crippen LogP contribution >= 0.6 is 0 Å². The lowest BCUT2D eigenvalue weighted by Gasteiger charge is -2.25. The van der Waals surface area contributed by atoms with Crippen LogP contribution in [0.25, 0.3) is 0 Å². The van der Waals surface area contributed by atoms with Gasteiger partial charge in [0, 0.05) is 18.0 Å². The maximum Gasteiger partial charge on any atom is 0.251 e. The molecule has 4 nitrogen and oxygen atoms in total. The Morgan fingerprint density at radius 1 is 1.20 bits per heavy atom. The van der Waals surface area contributed by atoms with Crippen LogP contribution in [0, 0.1) is 5.92 Å². The Labute approximate surface area is 149 Å². The number of benzene rings is 2. The zero-order valence-corrected chi connectivity index (χ0v) is 14.7. The quantitative estimate of drug-likeness (QED) is 0.780. The van der Waals surface area contributed by atoms with Crippen molar-refractivity contribution < 1.29 is 14.3 Å². The highest BCUT2D eigenvalue weighted by molar-refractivity contribution is 5.94. The monoisotopic (exact) mass is 339 g/mol. The lowest BCUT2D eigenvalue weighted by Crippen LogP contribution is -2.34. The fraction of sp³-hybridized carbons (Fsp3) is 0.381. The van der Waals surface area contributed by atoms with Crippen LogP contribution in [-0.2, 0) is 6.42 Å². The summed E-state index contributed by atoms with van der Waals surface area (Å²) in [4.78, 5) is 12.3. The molecule has 0 spiro atoms. The Hall–Kier alpha value is -2.49. The summed E-state index contributed by atoms with van der Waals surface area (Å²) < 4.78 is 11.4. The van der Waals surface area contributed by atoms with Crippen molar-refractivity contribution in [3.63, 3.8) is 0 Å². The number of carbonyl (C=O) groups excluding carboxylic acids is 1. The minimum Gasteiger partial charge on any atom is -0.494 e. The van der Waals surface area contributed by atoms with Crippen molar-refractivity contribution in [3.8, 4) is 11.5 Å². The molecule has 1 aliphatic heterocycles. The van der Waals surface area contributed by atoms with E-state index in [1.807, 2.05) is 42.5 Å². The van der Waals surface area contributed by atoms with Gasteiger partial charge in [0.1, 0.15) is 11.5 Å². The van der Waals surface area contributed by atoms with Crippen LogP contribution < -0.4 is 14.8 Å². The van der Waals surface area contributed by atoms with E-state index in [0.29, 0.717) is 31.2 Å². The van der Waals surface area contributed by atoms with E-state index in [1.165, 1.54) is 5.56 Å². The third kappa shape index (κ3) is 4.75. The fourth-order valence-corrected chi connectivity index (χ4v) is 2.90. The maximum atomic E-state index is 12.3. The van der Waals surface area contributed by atoms with Gasteiger partial charge in [-0.15, -0.1) is 0 Å². The molecule has 0 saturated heterocycles. The van der Waals surface area contributed by atoms with Crippen LogP contribution in [0.5, 0.6) is 11.5 Å². The summed E-state index contributed by atoms with van der Waals surface area (Å²) in [7, 11) is 0. The molecule has 1 unspecified atom stereocenters. The van der Waals surface area contributed by atoms with Gasteiger partial charge in [-0.1, -0.05) is 31.5 Å². The molecule has 0 aliphatic carbocycles. The van der Waals surface area contributed by atoms with Gasteiger partial charge < -0.3 is 14.8 Å². The predicted molar refractivity (Wildman–Crippen MR) is 98.3 cm³/mol. The first-order valence-corrected chi connectivity index (χ1v) is 8.98. The molecule has 0 aromatic heterocycles. The average Bonchev–Trinajstić information content (AvgIpc) is 2.66. The largest absolute Gasteiger partial charge is 0.494 e. The van der Waals surface area contributed by atoms with Crippen molar-refractivity contribution in [1.82, 2.24) is 5.32 Å². The molecule has 2 aromatic carbocycles. The summed E-state index contributed by atoms with van der Waals surface area (Å²) in [5.41, 5.74) is 1.86. The maximum absolute atomic E-state index is 12.3. The number of hydrogen-bond acceptors (Lipinski definition) is 3. The first kappa shape index (κ1) is 17.3. The van der Waals surface area contributed by atoms with Crippen LogP contribution in [0.2, 0.25) is 0 Å². The number of amides is 1. The van der Waals surface area contributed by atoms with E-state index in [4.69, 9.17) is 9.47 Å². The smallest absolute Gasteiger partial charge is 0.251 e. The van der Waals surface area contributed by atoms with Gasteiger partial charge in [0.25, 0.3) is 5.91 Å². The van der Waals surface area contributed by atoms with E-state index >= 15 is 0 Å². The van der Waals surface area contributed by atoms with Crippen LogP contribution in [0.15, 0.2) is 48.5 Å². The van der Waals surface area contributed by atoms with Crippen LogP contribution in [0.1, 0.15) is 35.7 Å². The standard InChI is InChI=1S/C21H25NO3/c1-2-3-12-24-19-10-8-17(9-11-19)21(23)22-14-16-13-18-6-4-5-7-20(18)25-15-16/h4-11,16H,2-3,12-15H2,1H3,(H,22,23). The minimum absolute atomic E-state index is 0.0565. The lowest BCUT2D eigenvalue weighted by atomic mass is 9.96. The Morgan fingerprint density at radius 3 is 2.80 bits per heavy atom. The number of hydrogen-bond donors (Lipinski definition) is 1. The molecule has 1 atom stereocenters. The van der Waals surface area contributed by atoms with E-state index in [0.717, 1.165) is 30.8 Å². The van der Waals surface area contributed by atoms with Crippen molar-refractivity contribution in [3.05, 3.63) is 59.7 Å².